The van der Waals surface area contributed by atoms with E-state index in [1.165, 1.54) is 7.11 Å². The number of nitrogens with zero attached hydrogens (tertiary/aromatic N) is 1. The summed E-state index contributed by atoms with van der Waals surface area (Å²) in [5.74, 6) is -0.520. The fourth-order valence-electron chi connectivity index (χ4n) is 2.85. The molecular formula is C17H28N2O4. The van der Waals surface area contributed by atoms with Crippen molar-refractivity contribution in [2.75, 3.05) is 13.7 Å². The number of ether oxygens (including phenoxy) is 1. The molecule has 1 aliphatic carbocycles. The van der Waals surface area contributed by atoms with Crippen LogP contribution in [0.4, 0.5) is 0 Å². The molecular weight excluding hydrogens is 296 g/mol. The number of aliphatic hydroxyl groups excluding tert-OH is 1. The lowest BCUT2D eigenvalue weighted by atomic mass is 9.75. The minimum absolute atomic E-state index is 0.0538. The maximum absolute atomic E-state index is 12.3. The van der Waals surface area contributed by atoms with Gasteiger partial charge in [-0.05, 0) is 38.1 Å². The molecule has 1 atom stereocenters. The first-order valence-electron chi connectivity index (χ1n) is 8.00. The van der Waals surface area contributed by atoms with Crippen LogP contribution in [-0.2, 0) is 14.3 Å². The fourth-order valence-corrected chi connectivity index (χ4v) is 2.85. The molecule has 6 heteroatoms. The molecule has 23 heavy (non-hydrogen) atoms. The van der Waals surface area contributed by atoms with E-state index in [1.54, 1.807) is 6.92 Å². The van der Waals surface area contributed by atoms with Gasteiger partial charge < -0.3 is 15.6 Å². The van der Waals surface area contributed by atoms with E-state index in [4.69, 9.17) is 10.5 Å². The quantitative estimate of drug-likeness (QED) is 0.425. The standard InChI is InChI=1S/C17H28N2O4/c1-11(15-13(20)9-17(2,3)10-14(15)21)19-12(16(22)23-4)7-5-6-8-18/h12,20H,5-10,18H2,1-4H3. The number of unbranched alkanes of at least 4 members (excludes halogenated alkanes) is 1. The summed E-state index contributed by atoms with van der Waals surface area (Å²) in [7, 11) is 1.31. The van der Waals surface area contributed by atoms with Crippen LogP contribution in [0.15, 0.2) is 16.3 Å². The summed E-state index contributed by atoms with van der Waals surface area (Å²) in [5.41, 5.74) is 5.85. The predicted molar refractivity (Wildman–Crippen MR) is 89.5 cm³/mol. The van der Waals surface area contributed by atoms with Crippen molar-refractivity contribution in [1.82, 2.24) is 0 Å². The number of allylic oxidation sites excluding steroid dienone is 2. The number of ketones is 1. The van der Waals surface area contributed by atoms with Crippen LogP contribution in [-0.4, -0.2) is 42.3 Å². The van der Waals surface area contributed by atoms with Gasteiger partial charge in [-0.2, -0.15) is 0 Å². The Kier molecular flexibility index (Phi) is 6.94. The van der Waals surface area contributed by atoms with E-state index in [0.29, 0.717) is 31.5 Å². The first kappa shape index (κ1) is 19.4. The second-order valence-corrected chi connectivity index (χ2v) is 6.80. The van der Waals surface area contributed by atoms with Gasteiger partial charge >= 0.3 is 5.97 Å². The van der Waals surface area contributed by atoms with Crippen molar-refractivity contribution in [2.45, 2.75) is 58.9 Å². The Bertz CT molecular complexity index is 521. The third-order valence-electron chi connectivity index (χ3n) is 3.97. The molecule has 130 valence electrons. The second-order valence-electron chi connectivity index (χ2n) is 6.80. The monoisotopic (exact) mass is 324 g/mol. The Hall–Kier alpha value is -1.69. The van der Waals surface area contributed by atoms with Gasteiger partial charge in [-0.1, -0.05) is 13.8 Å². The smallest absolute Gasteiger partial charge is 0.330 e. The topological polar surface area (TPSA) is 102 Å². The number of Topliss-reactive ketones (excluding diaryl/α,β-unsaturated/α-hetero) is 1. The van der Waals surface area contributed by atoms with Crippen molar-refractivity contribution in [3.63, 3.8) is 0 Å². The number of hydrogen-bond acceptors (Lipinski definition) is 6. The van der Waals surface area contributed by atoms with Crippen LogP contribution < -0.4 is 5.73 Å². The van der Waals surface area contributed by atoms with Crippen LogP contribution in [0.3, 0.4) is 0 Å². The first-order valence-corrected chi connectivity index (χ1v) is 8.00. The van der Waals surface area contributed by atoms with Crippen LogP contribution in [0.1, 0.15) is 52.9 Å². The SMILES string of the molecule is COC(=O)C(CCCCN)N=C(C)C1=C(O)CC(C)(C)CC1=O. The molecule has 0 fully saturated rings. The number of rotatable bonds is 7. The van der Waals surface area contributed by atoms with Gasteiger partial charge in [-0.15, -0.1) is 0 Å². The molecule has 1 rings (SSSR count). The zero-order valence-electron chi connectivity index (χ0n) is 14.5. The van der Waals surface area contributed by atoms with Crippen LogP contribution in [0.2, 0.25) is 0 Å². The van der Waals surface area contributed by atoms with E-state index in [2.05, 4.69) is 4.99 Å². The Morgan fingerprint density at radius 3 is 2.57 bits per heavy atom. The summed E-state index contributed by atoms with van der Waals surface area (Å²) in [6, 6.07) is -0.672. The van der Waals surface area contributed by atoms with Gasteiger partial charge in [-0.25, -0.2) is 4.79 Å². The van der Waals surface area contributed by atoms with Gasteiger partial charge in [0.15, 0.2) is 5.78 Å². The summed E-state index contributed by atoms with van der Waals surface area (Å²) in [5, 5.41) is 10.2. The molecule has 0 aromatic rings. The van der Waals surface area contributed by atoms with Gasteiger partial charge in [-0.3, -0.25) is 9.79 Å². The number of esters is 1. The van der Waals surface area contributed by atoms with E-state index in [9.17, 15) is 14.7 Å². The lowest BCUT2D eigenvalue weighted by molar-refractivity contribution is -0.142. The summed E-state index contributed by atoms with van der Waals surface area (Å²) in [4.78, 5) is 28.5. The number of nitrogens with two attached hydrogens (primary N) is 1. The number of hydrogen-bond donors (Lipinski definition) is 2. The summed E-state index contributed by atoms with van der Waals surface area (Å²) >= 11 is 0. The third-order valence-corrected chi connectivity index (χ3v) is 3.97. The maximum atomic E-state index is 12.3. The summed E-state index contributed by atoms with van der Waals surface area (Å²) in [6.45, 7) is 6.08. The van der Waals surface area contributed by atoms with Crippen LogP contribution >= 0.6 is 0 Å². The molecule has 0 aliphatic heterocycles. The van der Waals surface area contributed by atoms with Gasteiger partial charge in [0.25, 0.3) is 0 Å². The summed E-state index contributed by atoms with van der Waals surface area (Å²) < 4.78 is 4.78. The first-order chi connectivity index (χ1) is 10.7. The Labute approximate surface area is 137 Å². The zero-order chi connectivity index (χ0) is 17.6. The lowest BCUT2D eigenvalue weighted by Gasteiger charge is -2.29. The Morgan fingerprint density at radius 1 is 1.39 bits per heavy atom. The average Bonchev–Trinajstić information content (AvgIpc) is 2.43. The van der Waals surface area contributed by atoms with Crippen LogP contribution in [0.25, 0.3) is 0 Å². The molecule has 0 radical (unpaired) electrons. The molecule has 0 saturated carbocycles. The molecule has 1 aliphatic rings. The van der Waals surface area contributed by atoms with Crippen LogP contribution in [0, 0.1) is 5.41 Å². The molecule has 6 nitrogen and oxygen atoms in total. The highest BCUT2D eigenvalue weighted by atomic mass is 16.5. The number of methoxy groups -OCH3 is 1. The van der Waals surface area contributed by atoms with Crippen molar-refractivity contribution >= 4 is 17.5 Å². The second kappa shape index (κ2) is 8.24. The van der Waals surface area contributed by atoms with Gasteiger partial charge in [0.05, 0.1) is 12.7 Å². The summed E-state index contributed by atoms with van der Waals surface area (Å²) in [6.07, 6.45) is 2.84. The van der Waals surface area contributed by atoms with Gasteiger partial charge in [0, 0.05) is 18.6 Å². The van der Waals surface area contributed by atoms with E-state index in [0.717, 1.165) is 12.8 Å². The van der Waals surface area contributed by atoms with Crippen molar-refractivity contribution in [3.05, 3.63) is 11.3 Å². The molecule has 0 aromatic carbocycles. The van der Waals surface area contributed by atoms with E-state index in [-0.39, 0.29) is 22.5 Å². The average molecular weight is 324 g/mol. The minimum Gasteiger partial charge on any atom is -0.511 e. The highest BCUT2D eigenvalue weighted by Crippen LogP contribution is 2.36. The predicted octanol–water partition coefficient (Wildman–Crippen LogP) is 2.32. The largest absolute Gasteiger partial charge is 0.511 e. The van der Waals surface area contributed by atoms with E-state index >= 15 is 0 Å². The van der Waals surface area contributed by atoms with E-state index in [1.807, 2.05) is 13.8 Å². The zero-order valence-corrected chi connectivity index (χ0v) is 14.5. The van der Waals surface area contributed by atoms with Crippen molar-refractivity contribution in [1.29, 1.82) is 0 Å². The maximum Gasteiger partial charge on any atom is 0.330 e. The molecule has 0 spiro atoms. The van der Waals surface area contributed by atoms with E-state index < -0.39 is 12.0 Å². The number of carbonyl (C=O) groups excluding carboxylic acids is 2. The molecule has 0 bridgehead atoms. The molecule has 0 amide bonds. The lowest BCUT2D eigenvalue weighted by Crippen LogP contribution is -2.30. The fraction of sp³-hybridized carbons (Fsp3) is 0.706. The molecule has 0 heterocycles. The molecule has 0 saturated heterocycles. The number of aliphatic hydroxyl groups is 1. The highest BCUT2D eigenvalue weighted by molar-refractivity contribution is 6.22. The number of aliphatic imine (C=N–C) groups is 1. The Balaban J connectivity index is 3.02. The van der Waals surface area contributed by atoms with Crippen molar-refractivity contribution in [3.8, 4) is 0 Å². The third kappa shape index (κ3) is 5.46. The minimum atomic E-state index is -0.672. The van der Waals surface area contributed by atoms with Crippen molar-refractivity contribution < 1.29 is 19.4 Å². The molecule has 3 N–H and O–H groups in total. The van der Waals surface area contributed by atoms with Gasteiger partial charge in [0.1, 0.15) is 11.8 Å². The van der Waals surface area contributed by atoms with Gasteiger partial charge in [0.2, 0.25) is 0 Å². The Morgan fingerprint density at radius 2 is 2.04 bits per heavy atom. The highest BCUT2D eigenvalue weighted by Gasteiger charge is 2.34. The molecule has 1 unspecified atom stereocenters. The normalized spacial score (nSPS) is 19.7. The van der Waals surface area contributed by atoms with Crippen LogP contribution in [0.5, 0.6) is 0 Å². The van der Waals surface area contributed by atoms with Crippen molar-refractivity contribution in [2.24, 2.45) is 16.1 Å². The number of carbonyl (C=O) groups is 2. The molecule has 0 aromatic heterocycles.